The lowest BCUT2D eigenvalue weighted by molar-refractivity contribution is -0.327. The number of esters is 8. The fourth-order valence-corrected chi connectivity index (χ4v) is 20.2. The van der Waals surface area contributed by atoms with Crippen LogP contribution < -0.4 is 0 Å². The molecule has 0 aromatic carbocycles. The number of carbonyl (C=O) groups is 8. The lowest BCUT2D eigenvalue weighted by Gasteiger charge is -2.67. The molecule has 0 radical (unpaired) electrons. The average Bonchev–Trinajstić information content (AvgIpc) is 0.714. The van der Waals surface area contributed by atoms with Gasteiger partial charge in [-0.3, -0.25) is 0 Å². The van der Waals surface area contributed by atoms with E-state index in [0.717, 1.165) is 12.2 Å². The van der Waals surface area contributed by atoms with Gasteiger partial charge in [-0.2, -0.15) is 0 Å². The molecule has 0 spiro atoms. The zero-order chi connectivity index (χ0) is 68.3. The van der Waals surface area contributed by atoms with E-state index < -0.39 is 164 Å². The maximum absolute atomic E-state index is 12.1. The number of rotatable bonds is 16. The van der Waals surface area contributed by atoms with E-state index in [9.17, 15) is 89.4 Å². The molecule has 16 saturated carbocycles. The minimum Gasteiger partial charge on any atom is -0.456 e. The van der Waals surface area contributed by atoms with Crippen LogP contribution in [0.5, 0.6) is 0 Å². The van der Waals surface area contributed by atoms with Crippen LogP contribution in [0, 0.1) is 35.5 Å². The Morgan fingerprint density at radius 2 is 0.598 bits per heavy atom. The van der Waals surface area contributed by atoms with Crippen LogP contribution in [0.1, 0.15) is 170 Å². The van der Waals surface area contributed by atoms with Crippen molar-refractivity contribution in [2.45, 2.75) is 248 Å². The van der Waals surface area contributed by atoms with Gasteiger partial charge in [-0.25, -0.2) is 38.4 Å². The van der Waals surface area contributed by atoms with Gasteiger partial charge in [0.2, 0.25) is 0 Å². The lowest BCUT2D eigenvalue weighted by Crippen LogP contribution is -2.76. The smallest absolute Gasteiger partial charge is 0.344 e. The molecule has 16 atom stereocenters. The van der Waals surface area contributed by atoms with Crippen molar-refractivity contribution in [3.05, 3.63) is 49.6 Å². The highest BCUT2D eigenvalue weighted by Crippen LogP contribution is 2.68. The molecule has 16 rings (SSSR count). The van der Waals surface area contributed by atoms with Gasteiger partial charge in [0.05, 0.1) is 56.0 Å². The third-order valence-corrected chi connectivity index (χ3v) is 22.8. The Morgan fingerprint density at radius 3 is 0.870 bits per heavy atom. The van der Waals surface area contributed by atoms with E-state index in [1.807, 2.05) is 13.8 Å². The van der Waals surface area contributed by atoms with Crippen molar-refractivity contribution >= 4 is 47.8 Å². The second-order valence-electron chi connectivity index (χ2n) is 30.6. The molecule has 16 bridgehead atoms. The van der Waals surface area contributed by atoms with Gasteiger partial charge in [0.15, 0.2) is 26.4 Å². The highest BCUT2D eigenvalue weighted by atomic mass is 16.6. The first kappa shape index (κ1) is 70.6. The Morgan fingerprint density at radius 1 is 0.348 bits per heavy atom. The number of ether oxygens (including phenoxy) is 8. The first-order valence-electron chi connectivity index (χ1n) is 31.6. The van der Waals surface area contributed by atoms with Crippen LogP contribution in [-0.2, 0) is 76.3 Å². The van der Waals surface area contributed by atoms with Crippen molar-refractivity contribution in [3.63, 3.8) is 0 Å². The summed E-state index contributed by atoms with van der Waals surface area (Å²) in [6.45, 7) is 21.5. The summed E-state index contributed by atoms with van der Waals surface area (Å²) in [5.41, 5.74) is -15.2. The zero-order valence-electron chi connectivity index (χ0n) is 53.4. The lowest BCUT2D eigenvalue weighted by atomic mass is 9.45. The second kappa shape index (κ2) is 23.6. The van der Waals surface area contributed by atoms with Crippen LogP contribution in [0.3, 0.4) is 0 Å². The van der Waals surface area contributed by atoms with E-state index in [4.69, 9.17) is 33.2 Å². The van der Waals surface area contributed by atoms with Gasteiger partial charge in [-0.05, 0) is 64.2 Å². The van der Waals surface area contributed by atoms with Crippen molar-refractivity contribution in [1.29, 1.82) is 0 Å². The topological polar surface area (TPSA) is 413 Å². The Labute approximate surface area is 533 Å². The van der Waals surface area contributed by atoms with Crippen LogP contribution in [-0.4, -0.2) is 204 Å². The van der Waals surface area contributed by atoms with Crippen molar-refractivity contribution in [3.8, 4) is 0 Å². The van der Waals surface area contributed by atoms with Crippen LogP contribution in [0.2, 0.25) is 0 Å². The van der Waals surface area contributed by atoms with Crippen LogP contribution in [0.15, 0.2) is 49.6 Å². The molecule has 0 aliphatic heterocycles. The highest BCUT2D eigenvalue weighted by molar-refractivity contribution is 5.89. The predicted octanol–water partition coefficient (Wildman–Crippen LogP) is 1.82. The summed E-state index contributed by atoms with van der Waals surface area (Å²) in [7, 11) is 0. The van der Waals surface area contributed by atoms with E-state index in [-0.39, 0.29) is 99.0 Å². The van der Waals surface area contributed by atoms with Gasteiger partial charge < -0.3 is 89.0 Å². The summed E-state index contributed by atoms with van der Waals surface area (Å²) in [6.07, 6.45) is 8.71. The summed E-state index contributed by atoms with van der Waals surface area (Å²) in [4.78, 5) is 93.1. The molecule has 10 N–H and O–H groups in total. The number of aliphatic hydroxyl groups is 10. The van der Waals surface area contributed by atoms with Crippen molar-refractivity contribution in [1.82, 2.24) is 0 Å². The molecule has 92 heavy (non-hydrogen) atoms. The van der Waals surface area contributed by atoms with Crippen LogP contribution >= 0.6 is 0 Å². The van der Waals surface area contributed by atoms with Gasteiger partial charge in [-0.15, -0.1) is 0 Å². The summed E-state index contributed by atoms with van der Waals surface area (Å²) < 4.78 is 41.3. The van der Waals surface area contributed by atoms with Crippen molar-refractivity contribution in [2.75, 3.05) is 26.4 Å². The van der Waals surface area contributed by atoms with Crippen LogP contribution in [0.4, 0.5) is 0 Å². The number of carbonyl (C=O) groups excluding carboxylic acids is 8. The number of hydrogen-bond acceptors (Lipinski definition) is 26. The maximum Gasteiger partial charge on any atom is 0.344 e. The molecule has 0 aromatic rings. The Hall–Kier alpha value is -5.68. The summed E-state index contributed by atoms with van der Waals surface area (Å²) in [5.74, 6) is -6.70. The zero-order valence-corrected chi connectivity index (χ0v) is 53.4. The number of hydrogen-bond donors (Lipinski definition) is 10. The molecule has 16 aliphatic rings. The summed E-state index contributed by atoms with van der Waals surface area (Å²) >= 11 is 0. The Kier molecular flexibility index (Phi) is 18.1. The largest absolute Gasteiger partial charge is 0.456 e. The molecule has 16 unspecified atom stereocenters. The quantitative estimate of drug-likeness (QED) is 0.0598. The molecule has 512 valence electrons. The predicted molar refractivity (Wildman–Crippen MR) is 315 cm³/mol. The summed E-state index contributed by atoms with van der Waals surface area (Å²) in [6, 6.07) is 0. The Bertz CT molecular complexity index is 3040. The third kappa shape index (κ3) is 13.5. The molecule has 26 nitrogen and oxygen atoms in total. The molecule has 0 heterocycles. The van der Waals surface area contributed by atoms with Gasteiger partial charge in [0, 0.05) is 137 Å². The van der Waals surface area contributed by atoms with Gasteiger partial charge in [0.25, 0.3) is 0 Å². The van der Waals surface area contributed by atoms with Crippen molar-refractivity contribution in [2.24, 2.45) is 35.5 Å². The molecular formula is C66H92O26. The minimum atomic E-state index is -1.28. The molecule has 26 heteroatoms. The van der Waals surface area contributed by atoms with Gasteiger partial charge in [-0.1, -0.05) is 54.0 Å². The third-order valence-electron chi connectivity index (χ3n) is 22.8. The first-order valence-corrected chi connectivity index (χ1v) is 31.6. The SMILES string of the molecule is C=C(C)C(=O)OCC(=O)OC12CC3(O)CC(O)(CC(O)(C3)C1C)C2.C=C(C)C(=O)OCC(=O)OC12CC3CC(O)(CC(O)(C3)C1C)C2.C=CC(=O)OCC(=O)OC12CC3(O)CC(O)(CC(O)(C3)C1C)C2.C=CC(=O)OCC(=O)OC12CC3CC(O)(CC(O)(C3)C1C)C2. The van der Waals surface area contributed by atoms with E-state index in [1.165, 1.54) is 13.8 Å². The van der Waals surface area contributed by atoms with E-state index in [2.05, 4.69) is 31.1 Å². The standard InChI is InChI=1S/C17H24O7.C17H24O6.C16H22O7.C16H22O6/c1-10(2)13(19)23-4-12(18)24-17-8-14(20)5-15(21,9-17)7-16(22,6-14)11(17)3;1-10(2)14(19)22-7-13(18)23-17-6-12-4-15(20,9-17)8-16(21,5-12)11(17)3;1-3-11(17)22-4-12(18)23-16-8-13(19)5-14(20,9-16)7-15(21,6-13)10(16)2;1-3-12(17)21-7-13(18)22-16-6-11-4-14(19,9-16)8-15(20,5-11)10(16)2/h11,20-22H,1,4-9H2,2-3H3;11-12,20-21H,1,4-9H2,2-3H3;3,10,19-21H,1,4-9H2,2H3;3,10-11,19-20H,1,4-9H2,2H3. The normalized spacial score (nSPS) is 45.6. The van der Waals surface area contributed by atoms with Gasteiger partial charge in [0.1, 0.15) is 22.4 Å². The summed E-state index contributed by atoms with van der Waals surface area (Å²) in [5, 5.41) is 108. The average molecular weight is 1300 g/mol. The maximum atomic E-state index is 12.1. The fraction of sp³-hybridized carbons (Fsp3) is 0.758. The first-order chi connectivity index (χ1) is 42.2. The highest BCUT2D eigenvalue weighted by Gasteiger charge is 2.75. The molecular weight excluding hydrogens is 1210 g/mol. The fourth-order valence-electron chi connectivity index (χ4n) is 20.2. The van der Waals surface area contributed by atoms with Crippen LogP contribution in [0.25, 0.3) is 0 Å². The molecule has 0 saturated heterocycles. The minimum absolute atomic E-state index is 0.148. The monoisotopic (exact) mass is 1300 g/mol. The Balaban J connectivity index is 0.000000145. The molecule has 16 aliphatic carbocycles. The molecule has 0 aromatic heterocycles. The second-order valence-corrected chi connectivity index (χ2v) is 30.6. The molecule has 16 fully saturated rings. The molecule has 0 amide bonds. The van der Waals surface area contributed by atoms with E-state index in [0.29, 0.717) is 64.2 Å². The van der Waals surface area contributed by atoms with Crippen molar-refractivity contribution < 1.29 is 127 Å². The van der Waals surface area contributed by atoms with E-state index >= 15 is 0 Å². The van der Waals surface area contributed by atoms with E-state index in [1.54, 1.807) is 13.8 Å². The van der Waals surface area contributed by atoms with Gasteiger partial charge >= 0.3 is 47.8 Å².